The summed E-state index contributed by atoms with van der Waals surface area (Å²) in [5.74, 6) is -0.892. The number of nitrogens with one attached hydrogen (secondary N) is 2. The molecule has 1 fully saturated rings. The highest BCUT2D eigenvalue weighted by Crippen LogP contribution is 2.19. The quantitative estimate of drug-likeness (QED) is 0.717. The molecule has 0 radical (unpaired) electrons. The molecule has 0 spiro atoms. The van der Waals surface area contributed by atoms with Crippen molar-refractivity contribution in [1.82, 2.24) is 15.5 Å². The second kappa shape index (κ2) is 8.84. The molecular formula is C17H25N3O4S. The van der Waals surface area contributed by atoms with Crippen LogP contribution in [0.1, 0.15) is 41.2 Å². The van der Waals surface area contributed by atoms with E-state index in [-0.39, 0.29) is 22.7 Å². The lowest BCUT2D eigenvalue weighted by atomic mass is 9.97. The number of rotatable bonds is 6. The Hall–Kier alpha value is -2.09. The summed E-state index contributed by atoms with van der Waals surface area (Å²) >= 11 is 1.16. The minimum atomic E-state index is -0.960. The summed E-state index contributed by atoms with van der Waals surface area (Å²) in [6.45, 7) is 6.09. The van der Waals surface area contributed by atoms with E-state index in [0.717, 1.165) is 29.1 Å². The van der Waals surface area contributed by atoms with Crippen LogP contribution >= 0.6 is 11.3 Å². The Kier molecular flexibility index (Phi) is 6.81. The molecule has 1 aromatic heterocycles. The summed E-state index contributed by atoms with van der Waals surface area (Å²) in [5.41, 5.74) is 0. The first kappa shape index (κ1) is 19.2. The van der Waals surface area contributed by atoms with Crippen LogP contribution in [0, 0.1) is 11.8 Å². The maximum Gasteiger partial charge on any atom is 0.345 e. The zero-order valence-corrected chi connectivity index (χ0v) is 15.4. The first-order valence-electron chi connectivity index (χ1n) is 8.49. The third kappa shape index (κ3) is 5.74. The highest BCUT2D eigenvalue weighted by Gasteiger charge is 2.28. The molecule has 2 heterocycles. The Morgan fingerprint density at radius 3 is 2.72 bits per heavy atom. The molecule has 3 amide bonds. The van der Waals surface area contributed by atoms with Crippen molar-refractivity contribution in [2.24, 2.45) is 11.8 Å². The number of carboxylic acid groups (broad SMARTS) is 1. The number of hydrogen-bond donors (Lipinski definition) is 3. The van der Waals surface area contributed by atoms with Gasteiger partial charge in [0.25, 0.3) is 0 Å². The van der Waals surface area contributed by atoms with Gasteiger partial charge in [-0.1, -0.05) is 13.8 Å². The van der Waals surface area contributed by atoms with Crippen LogP contribution < -0.4 is 10.6 Å². The minimum absolute atomic E-state index is 0.0911. The summed E-state index contributed by atoms with van der Waals surface area (Å²) in [4.78, 5) is 38.1. The van der Waals surface area contributed by atoms with Crippen molar-refractivity contribution in [3.8, 4) is 0 Å². The van der Waals surface area contributed by atoms with E-state index in [1.54, 1.807) is 11.0 Å². The number of urea groups is 1. The Labute approximate surface area is 151 Å². The van der Waals surface area contributed by atoms with Crippen LogP contribution in [0.15, 0.2) is 12.1 Å². The molecule has 0 bridgehead atoms. The van der Waals surface area contributed by atoms with Gasteiger partial charge in [0.1, 0.15) is 4.88 Å². The van der Waals surface area contributed by atoms with Crippen molar-refractivity contribution in [3.05, 3.63) is 21.9 Å². The summed E-state index contributed by atoms with van der Waals surface area (Å²) < 4.78 is 0. The van der Waals surface area contributed by atoms with Gasteiger partial charge < -0.3 is 20.6 Å². The van der Waals surface area contributed by atoms with Crippen LogP contribution in [0.4, 0.5) is 4.79 Å². The lowest BCUT2D eigenvalue weighted by Gasteiger charge is -2.32. The van der Waals surface area contributed by atoms with Gasteiger partial charge in [-0.2, -0.15) is 0 Å². The molecular weight excluding hydrogens is 342 g/mol. The largest absolute Gasteiger partial charge is 0.477 e. The summed E-state index contributed by atoms with van der Waals surface area (Å²) in [6.07, 6.45) is 1.56. The Morgan fingerprint density at radius 1 is 1.32 bits per heavy atom. The molecule has 138 valence electrons. The van der Waals surface area contributed by atoms with E-state index < -0.39 is 5.97 Å². The third-order valence-corrected chi connectivity index (χ3v) is 5.12. The van der Waals surface area contributed by atoms with Crippen molar-refractivity contribution < 1.29 is 19.5 Å². The lowest BCUT2D eigenvalue weighted by molar-refractivity contribution is -0.126. The fourth-order valence-corrected chi connectivity index (χ4v) is 3.47. The number of piperidine rings is 1. The summed E-state index contributed by atoms with van der Waals surface area (Å²) in [6, 6.07) is 3.13. The average Bonchev–Trinajstić information content (AvgIpc) is 3.07. The molecule has 2 rings (SSSR count). The predicted octanol–water partition coefficient (Wildman–Crippen LogP) is 2.14. The van der Waals surface area contributed by atoms with Gasteiger partial charge >= 0.3 is 12.0 Å². The molecule has 0 saturated carbocycles. The Bertz CT molecular complexity index is 629. The van der Waals surface area contributed by atoms with Crippen LogP contribution in [0.3, 0.4) is 0 Å². The predicted molar refractivity (Wildman–Crippen MR) is 95.7 cm³/mol. The second-order valence-electron chi connectivity index (χ2n) is 6.65. The standard InChI is InChI=1S/C17H25N3O4S/c1-11(2)8-19-17(24)20-7-3-4-12(10-20)15(21)18-9-13-5-6-14(25-13)16(22)23/h5-6,11-12H,3-4,7-10H2,1-2H3,(H,18,21)(H,19,24)(H,22,23). The van der Waals surface area contributed by atoms with E-state index in [4.69, 9.17) is 5.11 Å². The van der Waals surface area contributed by atoms with Gasteiger partial charge in [0.2, 0.25) is 5.91 Å². The average molecular weight is 367 g/mol. The Balaban J connectivity index is 1.82. The Morgan fingerprint density at radius 2 is 2.08 bits per heavy atom. The number of carbonyl (C=O) groups excluding carboxylic acids is 2. The number of aromatic carboxylic acids is 1. The third-order valence-electron chi connectivity index (χ3n) is 4.05. The van der Waals surface area contributed by atoms with Gasteiger partial charge in [-0.3, -0.25) is 4.79 Å². The molecule has 1 aliphatic rings. The normalized spacial score (nSPS) is 17.4. The van der Waals surface area contributed by atoms with Gasteiger partial charge in [-0.15, -0.1) is 11.3 Å². The lowest BCUT2D eigenvalue weighted by Crippen LogP contribution is -2.49. The molecule has 1 aromatic rings. The van der Waals surface area contributed by atoms with E-state index in [9.17, 15) is 14.4 Å². The summed E-state index contributed by atoms with van der Waals surface area (Å²) in [5, 5.41) is 14.7. The number of nitrogens with zero attached hydrogens (tertiary/aromatic N) is 1. The van der Waals surface area contributed by atoms with E-state index in [2.05, 4.69) is 10.6 Å². The number of carboxylic acids is 1. The van der Waals surface area contributed by atoms with Crippen molar-refractivity contribution in [1.29, 1.82) is 0 Å². The van der Waals surface area contributed by atoms with Crippen molar-refractivity contribution in [2.45, 2.75) is 33.2 Å². The number of hydrogen-bond acceptors (Lipinski definition) is 4. The van der Waals surface area contributed by atoms with E-state index >= 15 is 0 Å². The minimum Gasteiger partial charge on any atom is -0.477 e. The van der Waals surface area contributed by atoms with Crippen LogP contribution in [-0.2, 0) is 11.3 Å². The number of thiophene rings is 1. The monoisotopic (exact) mass is 367 g/mol. The SMILES string of the molecule is CC(C)CNC(=O)N1CCCC(C(=O)NCc2ccc(C(=O)O)s2)C1. The molecule has 3 N–H and O–H groups in total. The first-order chi connectivity index (χ1) is 11.9. The highest BCUT2D eigenvalue weighted by molar-refractivity contribution is 7.13. The molecule has 25 heavy (non-hydrogen) atoms. The molecule has 0 aromatic carbocycles. The first-order valence-corrected chi connectivity index (χ1v) is 9.31. The van der Waals surface area contributed by atoms with Gasteiger partial charge in [0.15, 0.2) is 0 Å². The molecule has 8 heteroatoms. The van der Waals surface area contributed by atoms with E-state index in [1.807, 2.05) is 13.8 Å². The van der Waals surface area contributed by atoms with Crippen LogP contribution in [0.2, 0.25) is 0 Å². The number of amides is 3. The van der Waals surface area contributed by atoms with Crippen molar-refractivity contribution >= 4 is 29.2 Å². The molecule has 0 aliphatic carbocycles. The smallest absolute Gasteiger partial charge is 0.345 e. The number of likely N-dealkylation sites (tertiary alicyclic amines) is 1. The zero-order valence-electron chi connectivity index (χ0n) is 14.6. The van der Waals surface area contributed by atoms with Crippen LogP contribution in [0.25, 0.3) is 0 Å². The van der Waals surface area contributed by atoms with Crippen LogP contribution in [0.5, 0.6) is 0 Å². The van der Waals surface area contributed by atoms with Gasteiger partial charge in [-0.25, -0.2) is 9.59 Å². The van der Waals surface area contributed by atoms with Crippen molar-refractivity contribution in [2.75, 3.05) is 19.6 Å². The van der Waals surface area contributed by atoms with E-state index in [0.29, 0.717) is 32.1 Å². The van der Waals surface area contributed by atoms with Crippen molar-refractivity contribution in [3.63, 3.8) is 0 Å². The maximum absolute atomic E-state index is 12.4. The topological polar surface area (TPSA) is 98.7 Å². The zero-order chi connectivity index (χ0) is 18.4. The molecule has 1 saturated heterocycles. The van der Waals surface area contributed by atoms with Gasteiger partial charge in [0.05, 0.1) is 12.5 Å². The van der Waals surface area contributed by atoms with Gasteiger partial charge in [-0.05, 0) is 30.9 Å². The van der Waals surface area contributed by atoms with E-state index in [1.165, 1.54) is 6.07 Å². The molecule has 7 nitrogen and oxygen atoms in total. The number of carbonyl (C=O) groups is 3. The van der Waals surface area contributed by atoms with Gasteiger partial charge in [0, 0.05) is 24.5 Å². The second-order valence-corrected chi connectivity index (χ2v) is 7.82. The van der Waals surface area contributed by atoms with Crippen LogP contribution in [-0.4, -0.2) is 47.5 Å². The molecule has 1 atom stereocenters. The maximum atomic E-state index is 12.4. The molecule has 1 unspecified atom stereocenters. The summed E-state index contributed by atoms with van der Waals surface area (Å²) in [7, 11) is 0. The molecule has 1 aliphatic heterocycles. The highest BCUT2D eigenvalue weighted by atomic mass is 32.1. The fourth-order valence-electron chi connectivity index (χ4n) is 2.69. The fraction of sp³-hybridized carbons (Fsp3) is 0.588.